The summed E-state index contributed by atoms with van der Waals surface area (Å²) in [6.07, 6.45) is -7.98. The zero-order valence-corrected chi connectivity index (χ0v) is 13.6. The number of alkyl halides is 1. The molecule has 1 saturated heterocycles. The second kappa shape index (κ2) is 8.57. The molecule has 0 spiro atoms. The van der Waals surface area contributed by atoms with Crippen molar-refractivity contribution in [2.75, 3.05) is 6.61 Å². The number of ether oxygens (including phenoxy) is 5. The molecule has 0 saturated carbocycles. The lowest BCUT2D eigenvalue weighted by atomic mass is 9.99. The molecule has 0 aromatic carbocycles. The van der Waals surface area contributed by atoms with E-state index in [0.717, 1.165) is 27.7 Å². The monoisotopic (exact) mass is 350 g/mol. The van der Waals surface area contributed by atoms with E-state index in [1.54, 1.807) is 0 Å². The average molecular weight is 350 g/mol. The fourth-order valence-electron chi connectivity index (χ4n) is 2.12. The van der Waals surface area contributed by atoms with Crippen LogP contribution in [0.3, 0.4) is 0 Å². The van der Waals surface area contributed by atoms with Crippen LogP contribution < -0.4 is 0 Å². The van der Waals surface area contributed by atoms with Crippen LogP contribution in [-0.2, 0) is 42.9 Å². The van der Waals surface area contributed by atoms with Gasteiger partial charge in [0.15, 0.2) is 12.2 Å². The Balaban J connectivity index is 3.08. The summed E-state index contributed by atoms with van der Waals surface area (Å²) < 4.78 is 39.0. The Morgan fingerprint density at radius 2 is 1.33 bits per heavy atom. The summed E-state index contributed by atoms with van der Waals surface area (Å²) in [5.74, 6) is -3.11. The van der Waals surface area contributed by atoms with E-state index in [-0.39, 0.29) is 0 Å². The molecule has 0 amide bonds. The highest BCUT2D eigenvalue weighted by Gasteiger charge is 2.52. The summed E-state index contributed by atoms with van der Waals surface area (Å²) in [6, 6.07) is 0. The third kappa shape index (κ3) is 5.76. The molecule has 9 nitrogen and oxygen atoms in total. The second-order valence-electron chi connectivity index (χ2n) is 5.05. The maximum atomic E-state index is 14.5. The predicted octanol–water partition coefficient (Wildman–Crippen LogP) is 0.0390. The Hall–Kier alpha value is -2.23. The molecular weight excluding hydrogens is 331 g/mol. The molecule has 5 atom stereocenters. The normalized spacial score (nSPS) is 29.3. The fourth-order valence-corrected chi connectivity index (χ4v) is 2.12. The van der Waals surface area contributed by atoms with E-state index < -0.39 is 61.3 Å². The molecule has 0 bridgehead atoms. The maximum absolute atomic E-state index is 14.5. The van der Waals surface area contributed by atoms with Crippen molar-refractivity contribution >= 4 is 23.9 Å². The minimum Gasteiger partial charge on any atom is -0.463 e. The second-order valence-corrected chi connectivity index (χ2v) is 5.05. The van der Waals surface area contributed by atoms with Crippen molar-refractivity contribution in [2.24, 2.45) is 0 Å². The minimum absolute atomic E-state index is 0.421. The number of esters is 4. The highest BCUT2D eigenvalue weighted by Crippen LogP contribution is 2.29. The quantitative estimate of drug-likeness (QED) is 0.500. The first-order valence-corrected chi connectivity index (χ1v) is 7.06. The SMILES string of the molecule is CC(=O)OC[C@H]1O[C@H](OC(C)=O)[C@H](F)[C@@H](OC(C)=O)[C@H]1OC(C)=O. The van der Waals surface area contributed by atoms with Crippen LogP contribution in [0.15, 0.2) is 0 Å². The lowest BCUT2D eigenvalue weighted by Crippen LogP contribution is -2.60. The van der Waals surface area contributed by atoms with Gasteiger partial charge in [0, 0.05) is 27.7 Å². The Kier molecular flexibility index (Phi) is 7.08. The van der Waals surface area contributed by atoms with E-state index in [9.17, 15) is 23.6 Å². The highest BCUT2D eigenvalue weighted by atomic mass is 19.1. The van der Waals surface area contributed by atoms with Crippen LogP contribution in [0.1, 0.15) is 27.7 Å². The maximum Gasteiger partial charge on any atom is 0.305 e. The van der Waals surface area contributed by atoms with Crippen molar-refractivity contribution in [3.63, 3.8) is 0 Å². The first-order chi connectivity index (χ1) is 11.1. The lowest BCUT2D eigenvalue weighted by molar-refractivity contribution is -0.284. The number of rotatable bonds is 5. The van der Waals surface area contributed by atoms with Gasteiger partial charge >= 0.3 is 23.9 Å². The Bertz CT molecular complexity index is 490. The van der Waals surface area contributed by atoms with Gasteiger partial charge < -0.3 is 23.7 Å². The summed E-state index contributed by atoms with van der Waals surface area (Å²) in [4.78, 5) is 44.5. The molecule has 1 heterocycles. The van der Waals surface area contributed by atoms with Crippen molar-refractivity contribution in [1.82, 2.24) is 0 Å². The minimum atomic E-state index is -2.10. The van der Waals surface area contributed by atoms with Crippen molar-refractivity contribution < 1.29 is 47.3 Å². The smallest absolute Gasteiger partial charge is 0.305 e. The van der Waals surface area contributed by atoms with Crippen LogP contribution in [-0.4, -0.2) is 61.3 Å². The summed E-state index contributed by atoms with van der Waals surface area (Å²) >= 11 is 0. The molecule has 136 valence electrons. The first kappa shape index (κ1) is 19.8. The van der Waals surface area contributed by atoms with E-state index in [2.05, 4.69) is 0 Å². The van der Waals surface area contributed by atoms with Gasteiger partial charge in [0.25, 0.3) is 0 Å². The number of hydrogen-bond donors (Lipinski definition) is 0. The van der Waals surface area contributed by atoms with Crippen molar-refractivity contribution in [1.29, 1.82) is 0 Å². The molecule has 0 aromatic rings. The molecular formula is C14H19FO9. The molecule has 1 aliphatic rings. The van der Waals surface area contributed by atoms with Crippen LogP contribution in [0.5, 0.6) is 0 Å². The van der Waals surface area contributed by atoms with E-state index in [1.165, 1.54) is 0 Å². The van der Waals surface area contributed by atoms with Gasteiger partial charge in [0.2, 0.25) is 12.5 Å². The zero-order chi connectivity index (χ0) is 18.4. The average Bonchev–Trinajstić information content (AvgIpc) is 2.42. The number of carbonyl (C=O) groups is 4. The van der Waals surface area contributed by atoms with Crippen LogP contribution in [0, 0.1) is 0 Å². The van der Waals surface area contributed by atoms with E-state index in [0.29, 0.717) is 0 Å². The first-order valence-electron chi connectivity index (χ1n) is 7.06. The zero-order valence-electron chi connectivity index (χ0n) is 13.6. The standard InChI is InChI=1S/C14H19FO9/c1-6(16)20-5-10-12(21-7(2)17)13(22-8(3)18)11(15)14(24-10)23-9(4)19/h10-14H,5H2,1-4H3/t10-,11-,12+,13-,14+/m1/s1. The van der Waals surface area contributed by atoms with E-state index in [1.807, 2.05) is 0 Å². The number of hydrogen-bond acceptors (Lipinski definition) is 9. The van der Waals surface area contributed by atoms with Gasteiger partial charge in [-0.1, -0.05) is 0 Å². The van der Waals surface area contributed by atoms with Gasteiger partial charge in [-0.15, -0.1) is 0 Å². The van der Waals surface area contributed by atoms with Gasteiger partial charge in [0.05, 0.1) is 0 Å². The highest BCUT2D eigenvalue weighted by molar-refractivity contribution is 5.68. The van der Waals surface area contributed by atoms with Crippen LogP contribution in [0.25, 0.3) is 0 Å². The largest absolute Gasteiger partial charge is 0.463 e. The third-order valence-electron chi connectivity index (χ3n) is 2.91. The molecule has 0 N–H and O–H groups in total. The molecule has 0 radical (unpaired) electrons. The molecule has 1 rings (SSSR count). The molecule has 1 fully saturated rings. The molecule has 0 aromatic heterocycles. The molecule has 0 aliphatic carbocycles. The molecule has 24 heavy (non-hydrogen) atoms. The lowest BCUT2D eigenvalue weighted by Gasteiger charge is -2.41. The summed E-state index contributed by atoms with van der Waals surface area (Å²) in [7, 11) is 0. The summed E-state index contributed by atoms with van der Waals surface area (Å²) in [5, 5.41) is 0. The van der Waals surface area contributed by atoms with Crippen molar-refractivity contribution in [3.05, 3.63) is 0 Å². The molecule has 1 aliphatic heterocycles. The van der Waals surface area contributed by atoms with E-state index in [4.69, 9.17) is 23.7 Å². The fraction of sp³-hybridized carbons (Fsp3) is 0.714. The van der Waals surface area contributed by atoms with Gasteiger partial charge in [-0.3, -0.25) is 19.2 Å². The summed E-state index contributed by atoms with van der Waals surface area (Å²) in [6.45, 7) is 3.86. The van der Waals surface area contributed by atoms with Gasteiger partial charge in [-0.05, 0) is 0 Å². The van der Waals surface area contributed by atoms with Crippen LogP contribution in [0.4, 0.5) is 4.39 Å². The van der Waals surface area contributed by atoms with Crippen LogP contribution >= 0.6 is 0 Å². The van der Waals surface area contributed by atoms with E-state index >= 15 is 0 Å². The van der Waals surface area contributed by atoms with Gasteiger partial charge in [0.1, 0.15) is 12.7 Å². The van der Waals surface area contributed by atoms with Gasteiger partial charge in [-0.25, -0.2) is 4.39 Å². The number of carbonyl (C=O) groups excluding carboxylic acids is 4. The van der Waals surface area contributed by atoms with Crippen molar-refractivity contribution in [2.45, 2.75) is 58.5 Å². The Labute approximate surface area is 137 Å². The Morgan fingerprint density at radius 1 is 0.833 bits per heavy atom. The molecule has 10 heteroatoms. The Morgan fingerprint density at radius 3 is 1.79 bits per heavy atom. The topological polar surface area (TPSA) is 114 Å². The number of halogens is 1. The predicted molar refractivity (Wildman–Crippen MR) is 73.1 cm³/mol. The van der Waals surface area contributed by atoms with Gasteiger partial charge in [-0.2, -0.15) is 0 Å². The molecule has 0 unspecified atom stereocenters. The van der Waals surface area contributed by atoms with Crippen LogP contribution in [0.2, 0.25) is 0 Å². The summed E-state index contributed by atoms with van der Waals surface area (Å²) in [5.41, 5.74) is 0. The third-order valence-corrected chi connectivity index (χ3v) is 2.91. The van der Waals surface area contributed by atoms with Crippen molar-refractivity contribution in [3.8, 4) is 0 Å².